The van der Waals surface area contributed by atoms with Gasteiger partial charge in [0.15, 0.2) is 0 Å². The highest BCUT2D eigenvalue weighted by atomic mass is 35.5. The molecule has 2 rings (SSSR count). The van der Waals surface area contributed by atoms with Gasteiger partial charge in [0.2, 0.25) is 0 Å². The van der Waals surface area contributed by atoms with Gasteiger partial charge in [0.25, 0.3) is 0 Å². The lowest BCUT2D eigenvalue weighted by Crippen LogP contribution is -1.97. The number of aliphatic hydroxyl groups excluding tert-OH is 1. The fourth-order valence-electron chi connectivity index (χ4n) is 1.73. The van der Waals surface area contributed by atoms with Crippen LogP contribution in [0.15, 0.2) is 42.5 Å². The Balaban J connectivity index is 2.05. The number of benzene rings is 2. The van der Waals surface area contributed by atoms with Crippen molar-refractivity contribution in [2.45, 2.75) is 19.6 Å². The van der Waals surface area contributed by atoms with Crippen molar-refractivity contribution in [3.05, 3.63) is 64.2 Å². The van der Waals surface area contributed by atoms with Crippen LogP contribution in [-0.4, -0.2) is 5.11 Å². The first-order valence-electron chi connectivity index (χ1n) is 6.19. The third-order valence-corrected chi connectivity index (χ3v) is 3.21. The van der Waals surface area contributed by atoms with Crippen LogP contribution in [0.5, 0.6) is 5.75 Å². The molecule has 4 heteroatoms. The molecule has 0 bridgehead atoms. The zero-order valence-corrected chi connectivity index (χ0v) is 11.8. The van der Waals surface area contributed by atoms with E-state index in [0.717, 1.165) is 11.1 Å². The van der Waals surface area contributed by atoms with Crippen LogP contribution in [-0.2, 0) is 6.61 Å². The first-order chi connectivity index (χ1) is 9.60. The molecule has 1 atom stereocenters. The Labute approximate surface area is 123 Å². The molecule has 0 saturated heterocycles. The van der Waals surface area contributed by atoms with Gasteiger partial charge in [0.05, 0.1) is 22.8 Å². The smallest absolute Gasteiger partial charge is 0.138 e. The normalized spacial score (nSPS) is 11.7. The van der Waals surface area contributed by atoms with Crippen molar-refractivity contribution < 1.29 is 9.84 Å². The number of hydrogen-bond donors (Lipinski definition) is 1. The molecule has 0 aliphatic rings. The van der Waals surface area contributed by atoms with Gasteiger partial charge in [-0.3, -0.25) is 0 Å². The average molecular weight is 288 g/mol. The Hall–Kier alpha value is -2.02. The SMILES string of the molecule is CC(O)c1ccc(OCc2ccc(C#N)cc2)c(Cl)c1. The zero-order chi connectivity index (χ0) is 14.5. The third-order valence-electron chi connectivity index (χ3n) is 2.92. The van der Waals surface area contributed by atoms with Crippen LogP contribution in [0.2, 0.25) is 5.02 Å². The molecule has 0 aromatic heterocycles. The zero-order valence-electron chi connectivity index (χ0n) is 11.0. The van der Waals surface area contributed by atoms with E-state index in [9.17, 15) is 5.11 Å². The maximum absolute atomic E-state index is 9.47. The van der Waals surface area contributed by atoms with Gasteiger partial charge in [-0.15, -0.1) is 0 Å². The third kappa shape index (κ3) is 3.51. The van der Waals surface area contributed by atoms with E-state index in [1.54, 1.807) is 37.3 Å². The van der Waals surface area contributed by atoms with Crippen molar-refractivity contribution in [2.75, 3.05) is 0 Å². The minimum absolute atomic E-state index is 0.374. The standard InChI is InChI=1S/C16H14ClNO2/c1-11(19)14-6-7-16(15(17)8-14)20-10-13-4-2-12(9-18)3-5-13/h2-8,11,19H,10H2,1H3. The fraction of sp³-hybridized carbons (Fsp3) is 0.188. The molecule has 0 spiro atoms. The van der Waals surface area contributed by atoms with Gasteiger partial charge >= 0.3 is 0 Å². The number of aliphatic hydroxyl groups is 1. The lowest BCUT2D eigenvalue weighted by Gasteiger charge is -2.11. The highest BCUT2D eigenvalue weighted by Gasteiger charge is 2.07. The van der Waals surface area contributed by atoms with Crippen molar-refractivity contribution >= 4 is 11.6 Å². The summed E-state index contributed by atoms with van der Waals surface area (Å²) in [6.07, 6.45) is -0.555. The van der Waals surface area contributed by atoms with E-state index in [2.05, 4.69) is 6.07 Å². The van der Waals surface area contributed by atoms with Gasteiger partial charge in [-0.1, -0.05) is 29.8 Å². The summed E-state index contributed by atoms with van der Waals surface area (Å²) < 4.78 is 5.63. The largest absolute Gasteiger partial charge is 0.487 e. The van der Waals surface area contributed by atoms with Crippen molar-refractivity contribution in [3.63, 3.8) is 0 Å². The van der Waals surface area contributed by atoms with Gasteiger partial charge in [-0.2, -0.15) is 5.26 Å². The Morgan fingerprint density at radius 1 is 1.25 bits per heavy atom. The van der Waals surface area contributed by atoms with E-state index >= 15 is 0 Å². The monoisotopic (exact) mass is 287 g/mol. The number of ether oxygens (including phenoxy) is 1. The van der Waals surface area contributed by atoms with E-state index in [1.807, 2.05) is 12.1 Å². The topological polar surface area (TPSA) is 53.2 Å². The summed E-state index contributed by atoms with van der Waals surface area (Å²) in [5, 5.41) is 18.7. The first kappa shape index (κ1) is 14.4. The summed E-state index contributed by atoms with van der Waals surface area (Å²) in [4.78, 5) is 0. The van der Waals surface area contributed by atoms with Crippen LogP contribution >= 0.6 is 11.6 Å². The van der Waals surface area contributed by atoms with Crippen LogP contribution in [0.25, 0.3) is 0 Å². The van der Waals surface area contributed by atoms with Crippen molar-refractivity contribution in [1.82, 2.24) is 0 Å². The Morgan fingerprint density at radius 2 is 1.95 bits per heavy atom. The lowest BCUT2D eigenvalue weighted by atomic mass is 10.1. The molecular weight excluding hydrogens is 274 g/mol. The van der Waals surface area contributed by atoms with Crippen molar-refractivity contribution in [1.29, 1.82) is 5.26 Å². The van der Waals surface area contributed by atoms with E-state index in [-0.39, 0.29) is 0 Å². The number of nitriles is 1. The molecule has 2 aromatic carbocycles. The van der Waals surface area contributed by atoms with E-state index < -0.39 is 6.10 Å². The molecule has 0 saturated carbocycles. The fourth-order valence-corrected chi connectivity index (χ4v) is 1.97. The molecule has 0 fully saturated rings. The molecule has 1 unspecified atom stereocenters. The number of nitrogens with zero attached hydrogens (tertiary/aromatic N) is 1. The predicted octanol–water partition coefficient (Wildman–Crippen LogP) is 3.84. The quantitative estimate of drug-likeness (QED) is 0.929. The summed E-state index contributed by atoms with van der Waals surface area (Å²) in [5.41, 5.74) is 2.33. The van der Waals surface area contributed by atoms with Crippen LogP contribution in [0.4, 0.5) is 0 Å². The van der Waals surface area contributed by atoms with E-state index in [0.29, 0.717) is 22.9 Å². The minimum atomic E-state index is -0.555. The summed E-state index contributed by atoms with van der Waals surface area (Å²) in [6.45, 7) is 2.06. The molecule has 3 nitrogen and oxygen atoms in total. The van der Waals surface area contributed by atoms with Crippen molar-refractivity contribution in [3.8, 4) is 11.8 Å². The maximum Gasteiger partial charge on any atom is 0.138 e. The molecule has 1 N–H and O–H groups in total. The van der Waals surface area contributed by atoms with E-state index in [4.69, 9.17) is 21.6 Å². The number of hydrogen-bond acceptors (Lipinski definition) is 3. The summed E-state index contributed by atoms with van der Waals surface area (Å²) >= 11 is 6.11. The minimum Gasteiger partial charge on any atom is -0.487 e. The molecule has 2 aromatic rings. The van der Waals surface area contributed by atoms with Gasteiger partial charge in [-0.25, -0.2) is 0 Å². The lowest BCUT2D eigenvalue weighted by molar-refractivity contribution is 0.199. The van der Waals surface area contributed by atoms with Gasteiger partial charge in [0, 0.05) is 0 Å². The Bertz CT molecular complexity index is 630. The van der Waals surface area contributed by atoms with Crippen LogP contribution < -0.4 is 4.74 Å². The van der Waals surface area contributed by atoms with E-state index in [1.165, 1.54) is 0 Å². The molecule has 20 heavy (non-hydrogen) atoms. The van der Waals surface area contributed by atoms with Gasteiger partial charge < -0.3 is 9.84 Å². The Morgan fingerprint density at radius 3 is 2.50 bits per heavy atom. The summed E-state index contributed by atoms with van der Waals surface area (Å²) in [7, 11) is 0. The highest BCUT2D eigenvalue weighted by Crippen LogP contribution is 2.28. The predicted molar refractivity (Wildman–Crippen MR) is 77.6 cm³/mol. The molecule has 0 heterocycles. The van der Waals surface area contributed by atoms with Crippen LogP contribution in [0.3, 0.4) is 0 Å². The van der Waals surface area contributed by atoms with Crippen LogP contribution in [0.1, 0.15) is 29.7 Å². The van der Waals surface area contributed by atoms with Gasteiger partial charge in [0.1, 0.15) is 12.4 Å². The first-order valence-corrected chi connectivity index (χ1v) is 6.57. The molecule has 0 radical (unpaired) electrons. The summed E-state index contributed by atoms with van der Waals surface area (Å²) in [6, 6.07) is 14.5. The maximum atomic E-state index is 9.47. The molecule has 0 aliphatic carbocycles. The van der Waals surface area contributed by atoms with Crippen molar-refractivity contribution in [2.24, 2.45) is 0 Å². The molecule has 0 aliphatic heterocycles. The second kappa shape index (κ2) is 6.42. The molecular formula is C16H14ClNO2. The summed E-state index contributed by atoms with van der Waals surface area (Å²) in [5.74, 6) is 0.570. The number of halogens is 1. The van der Waals surface area contributed by atoms with Gasteiger partial charge in [-0.05, 0) is 42.3 Å². The second-order valence-corrected chi connectivity index (χ2v) is 4.87. The number of rotatable bonds is 4. The molecule has 102 valence electrons. The molecule has 0 amide bonds. The second-order valence-electron chi connectivity index (χ2n) is 4.46. The van der Waals surface area contributed by atoms with Crippen LogP contribution in [0, 0.1) is 11.3 Å². The highest BCUT2D eigenvalue weighted by molar-refractivity contribution is 6.32. The average Bonchev–Trinajstić information content (AvgIpc) is 2.46. The Kier molecular flexibility index (Phi) is 4.62.